The Labute approximate surface area is 87.3 Å². The van der Waals surface area contributed by atoms with E-state index in [1.54, 1.807) is 11.3 Å². The summed E-state index contributed by atoms with van der Waals surface area (Å²) in [6.45, 7) is 3.72. The predicted molar refractivity (Wildman–Crippen MR) is 54.2 cm³/mol. The molecule has 1 fully saturated rings. The van der Waals surface area contributed by atoms with Gasteiger partial charge >= 0.3 is 0 Å². The van der Waals surface area contributed by atoms with E-state index < -0.39 is 5.79 Å². The summed E-state index contributed by atoms with van der Waals surface area (Å²) in [4.78, 5) is 0. The van der Waals surface area contributed by atoms with Crippen LogP contribution in [0.3, 0.4) is 0 Å². The molecule has 1 aromatic heterocycles. The Kier molecular flexibility index (Phi) is 2.62. The average Bonchev–Trinajstić information content (AvgIpc) is 2.70. The summed E-state index contributed by atoms with van der Waals surface area (Å²) in [5, 5.41) is 13.2. The van der Waals surface area contributed by atoms with Gasteiger partial charge < -0.3 is 14.6 Å². The summed E-state index contributed by atoms with van der Waals surface area (Å²) >= 11 is 1.62. The van der Waals surface area contributed by atoms with Crippen molar-refractivity contribution in [1.82, 2.24) is 0 Å². The van der Waals surface area contributed by atoms with Gasteiger partial charge in [-0.3, -0.25) is 0 Å². The van der Waals surface area contributed by atoms with Crippen molar-refractivity contribution in [2.45, 2.75) is 31.8 Å². The SMILES string of the molecule is CC1(C)O[C@@H](CO)[C@H](c2ccsc2)O1. The van der Waals surface area contributed by atoms with Crippen molar-refractivity contribution in [3.8, 4) is 0 Å². The second-order valence-corrected chi connectivity index (χ2v) is 4.61. The number of hydrogen-bond acceptors (Lipinski definition) is 4. The normalized spacial score (nSPS) is 30.8. The Balaban J connectivity index is 2.19. The summed E-state index contributed by atoms with van der Waals surface area (Å²) in [7, 11) is 0. The van der Waals surface area contributed by atoms with Gasteiger partial charge in [-0.1, -0.05) is 0 Å². The molecule has 0 spiro atoms. The maximum Gasteiger partial charge on any atom is 0.164 e. The van der Waals surface area contributed by atoms with Crippen molar-refractivity contribution in [1.29, 1.82) is 0 Å². The Bertz CT molecular complexity index is 294. The van der Waals surface area contributed by atoms with Crippen molar-refractivity contribution in [2.75, 3.05) is 6.61 Å². The molecule has 78 valence electrons. The van der Waals surface area contributed by atoms with Gasteiger partial charge in [-0.2, -0.15) is 11.3 Å². The molecule has 0 amide bonds. The number of thiophene rings is 1. The molecule has 14 heavy (non-hydrogen) atoms. The van der Waals surface area contributed by atoms with Crippen LogP contribution in [-0.4, -0.2) is 23.6 Å². The highest BCUT2D eigenvalue weighted by Crippen LogP contribution is 2.38. The molecule has 0 aromatic carbocycles. The first-order chi connectivity index (χ1) is 6.62. The molecule has 2 atom stereocenters. The van der Waals surface area contributed by atoms with Crippen molar-refractivity contribution in [3.05, 3.63) is 22.4 Å². The second kappa shape index (κ2) is 3.62. The van der Waals surface area contributed by atoms with E-state index in [0.29, 0.717) is 0 Å². The zero-order valence-electron chi connectivity index (χ0n) is 8.27. The van der Waals surface area contributed by atoms with Crippen LogP contribution in [0.15, 0.2) is 16.8 Å². The van der Waals surface area contributed by atoms with Gasteiger partial charge in [0.15, 0.2) is 5.79 Å². The fraction of sp³-hybridized carbons (Fsp3) is 0.600. The molecule has 0 aliphatic carbocycles. The molecular weight excluding hydrogens is 200 g/mol. The Morgan fingerprint density at radius 2 is 2.29 bits per heavy atom. The van der Waals surface area contributed by atoms with E-state index in [0.717, 1.165) is 5.56 Å². The van der Waals surface area contributed by atoms with Gasteiger partial charge in [-0.25, -0.2) is 0 Å². The Morgan fingerprint density at radius 3 is 2.86 bits per heavy atom. The van der Waals surface area contributed by atoms with E-state index in [1.165, 1.54) is 0 Å². The lowest BCUT2D eigenvalue weighted by atomic mass is 10.1. The lowest BCUT2D eigenvalue weighted by molar-refractivity contribution is -0.149. The minimum atomic E-state index is -0.597. The van der Waals surface area contributed by atoms with Crippen LogP contribution in [0, 0.1) is 0 Å². The third-order valence-electron chi connectivity index (χ3n) is 2.24. The third kappa shape index (κ3) is 1.83. The number of ether oxygens (including phenoxy) is 2. The van der Waals surface area contributed by atoms with E-state index >= 15 is 0 Å². The lowest BCUT2D eigenvalue weighted by Gasteiger charge is -2.16. The van der Waals surface area contributed by atoms with Crippen LogP contribution in [0.25, 0.3) is 0 Å². The predicted octanol–water partition coefficient (Wildman–Crippen LogP) is 1.93. The van der Waals surface area contributed by atoms with Gasteiger partial charge in [-0.05, 0) is 36.2 Å². The highest BCUT2D eigenvalue weighted by atomic mass is 32.1. The standard InChI is InChI=1S/C10H14O3S/c1-10(2)12-8(5-11)9(13-10)7-3-4-14-6-7/h3-4,6,8-9,11H,5H2,1-2H3/t8-,9-/m0/s1. The zero-order chi connectivity index (χ0) is 10.2. The molecular formula is C10H14O3S. The Morgan fingerprint density at radius 1 is 1.50 bits per heavy atom. The molecule has 0 bridgehead atoms. The monoisotopic (exact) mass is 214 g/mol. The van der Waals surface area contributed by atoms with Gasteiger partial charge in [0.25, 0.3) is 0 Å². The molecule has 1 aliphatic rings. The lowest BCUT2D eigenvalue weighted by Crippen LogP contribution is -2.23. The minimum absolute atomic E-state index is 0.00998. The molecule has 0 radical (unpaired) electrons. The maximum atomic E-state index is 9.17. The van der Waals surface area contributed by atoms with Crippen molar-refractivity contribution in [2.24, 2.45) is 0 Å². The first-order valence-electron chi connectivity index (χ1n) is 4.61. The molecule has 3 nitrogen and oxygen atoms in total. The highest BCUT2D eigenvalue weighted by Gasteiger charge is 2.41. The molecule has 0 saturated carbocycles. The maximum absolute atomic E-state index is 9.17. The fourth-order valence-electron chi connectivity index (χ4n) is 1.69. The van der Waals surface area contributed by atoms with Crippen molar-refractivity contribution in [3.63, 3.8) is 0 Å². The molecule has 4 heteroatoms. The first kappa shape index (κ1) is 10.1. The Hall–Kier alpha value is -0.420. The minimum Gasteiger partial charge on any atom is -0.394 e. The number of rotatable bonds is 2. The van der Waals surface area contributed by atoms with E-state index in [2.05, 4.69) is 0 Å². The van der Waals surface area contributed by atoms with Crippen LogP contribution >= 0.6 is 11.3 Å². The average molecular weight is 214 g/mol. The van der Waals surface area contributed by atoms with Gasteiger partial charge in [0, 0.05) is 0 Å². The quantitative estimate of drug-likeness (QED) is 0.817. The van der Waals surface area contributed by atoms with Gasteiger partial charge in [0.1, 0.15) is 12.2 Å². The fourth-order valence-corrected chi connectivity index (χ4v) is 2.37. The highest BCUT2D eigenvalue weighted by molar-refractivity contribution is 7.07. The van der Waals surface area contributed by atoms with Crippen LogP contribution < -0.4 is 0 Å². The van der Waals surface area contributed by atoms with Crippen LogP contribution in [0.1, 0.15) is 25.5 Å². The van der Waals surface area contributed by atoms with Gasteiger partial charge in [0.05, 0.1) is 6.61 Å². The van der Waals surface area contributed by atoms with Gasteiger partial charge in [-0.15, -0.1) is 0 Å². The first-order valence-corrected chi connectivity index (χ1v) is 5.55. The molecule has 2 rings (SSSR count). The molecule has 1 aromatic rings. The third-order valence-corrected chi connectivity index (χ3v) is 2.94. The van der Waals surface area contributed by atoms with Crippen LogP contribution in [-0.2, 0) is 9.47 Å². The second-order valence-electron chi connectivity index (χ2n) is 3.83. The van der Waals surface area contributed by atoms with Crippen LogP contribution in [0.4, 0.5) is 0 Å². The molecule has 1 saturated heterocycles. The smallest absolute Gasteiger partial charge is 0.164 e. The summed E-state index contributed by atoms with van der Waals surface area (Å²) in [5.41, 5.74) is 1.08. The number of aliphatic hydroxyl groups excluding tert-OH is 1. The summed E-state index contributed by atoms with van der Waals surface area (Å²) in [5.74, 6) is -0.597. The number of aliphatic hydroxyl groups is 1. The molecule has 2 heterocycles. The van der Waals surface area contributed by atoms with E-state index in [1.807, 2.05) is 30.7 Å². The van der Waals surface area contributed by atoms with E-state index in [9.17, 15) is 0 Å². The van der Waals surface area contributed by atoms with Crippen molar-refractivity contribution >= 4 is 11.3 Å². The number of hydrogen-bond donors (Lipinski definition) is 1. The largest absolute Gasteiger partial charge is 0.394 e. The van der Waals surface area contributed by atoms with Crippen LogP contribution in [0.2, 0.25) is 0 Å². The molecule has 1 aliphatic heterocycles. The van der Waals surface area contributed by atoms with Crippen LogP contribution in [0.5, 0.6) is 0 Å². The topological polar surface area (TPSA) is 38.7 Å². The van der Waals surface area contributed by atoms with Crippen molar-refractivity contribution < 1.29 is 14.6 Å². The zero-order valence-corrected chi connectivity index (χ0v) is 9.08. The van der Waals surface area contributed by atoms with Gasteiger partial charge in [0.2, 0.25) is 0 Å². The summed E-state index contributed by atoms with van der Waals surface area (Å²) in [6.07, 6.45) is -0.388. The summed E-state index contributed by atoms with van der Waals surface area (Å²) < 4.78 is 11.3. The van der Waals surface area contributed by atoms with E-state index in [4.69, 9.17) is 14.6 Å². The molecule has 0 unspecified atom stereocenters. The van der Waals surface area contributed by atoms with E-state index in [-0.39, 0.29) is 18.8 Å². The molecule has 1 N–H and O–H groups in total. The summed E-state index contributed by atoms with van der Waals surface area (Å²) in [6, 6.07) is 2.00.